The second-order valence-corrected chi connectivity index (χ2v) is 5.83. The zero-order valence-electron chi connectivity index (χ0n) is 11.5. The molecule has 0 aliphatic heterocycles. The molecule has 0 bridgehead atoms. The molecule has 0 spiro atoms. The zero-order valence-corrected chi connectivity index (χ0v) is 12.3. The van der Waals surface area contributed by atoms with Crippen LogP contribution in [0.1, 0.15) is 37.0 Å². The third kappa shape index (κ3) is 4.33. The minimum Gasteiger partial charge on any atom is -0.461 e. The maximum Gasteiger partial charge on any atom is 0.360 e. The molecule has 0 fully saturated rings. The summed E-state index contributed by atoms with van der Waals surface area (Å²) in [4.78, 5) is 11.8. The van der Waals surface area contributed by atoms with Crippen molar-refractivity contribution in [2.45, 2.75) is 34.2 Å². The van der Waals surface area contributed by atoms with Crippen molar-refractivity contribution in [2.24, 2.45) is 5.92 Å². The highest BCUT2D eigenvalue weighted by atomic mass is 32.2. The number of carbonyl (C=O) groups excluding carboxylic acids is 1. The first kappa shape index (κ1) is 15.0. The van der Waals surface area contributed by atoms with Crippen LogP contribution >= 0.6 is 11.8 Å². The molecule has 6 heteroatoms. The summed E-state index contributed by atoms with van der Waals surface area (Å²) in [5.41, 5.74) is 1.11. The monoisotopic (exact) mass is 271 g/mol. The number of thioether (sulfide) groups is 1. The van der Waals surface area contributed by atoms with Gasteiger partial charge in [0.2, 0.25) is 0 Å². The average molecular weight is 271 g/mol. The lowest BCUT2D eigenvalue weighted by molar-refractivity contribution is 0.0451. The van der Waals surface area contributed by atoms with Crippen molar-refractivity contribution in [3.63, 3.8) is 0 Å². The molecule has 0 aromatic carbocycles. The van der Waals surface area contributed by atoms with Gasteiger partial charge in [0.05, 0.1) is 18.8 Å². The number of aryl methyl sites for hydroxylation is 1. The lowest BCUT2D eigenvalue weighted by Crippen LogP contribution is -2.12. The molecule has 0 amide bonds. The average Bonchev–Trinajstić information content (AvgIpc) is 2.68. The highest BCUT2D eigenvalue weighted by molar-refractivity contribution is 7.99. The van der Waals surface area contributed by atoms with Gasteiger partial charge in [-0.15, -0.1) is 5.10 Å². The van der Waals surface area contributed by atoms with Gasteiger partial charge in [0, 0.05) is 5.75 Å². The largest absolute Gasteiger partial charge is 0.461 e. The van der Waals surface area contributed by atoms with E-state index in [1.807, 2.05) is 32.5 Å². The summed E-state index contributed by atoms with van der Waals surface area (Å²) in [6, 6.07) is 0. The van der Waals surface area contributed by atoms with Crippen molar-refractivity contribution < 1.29 is 9.53 Å². The molecule has 0 saturated heterocycles. The highest BCUT2D eigenvalue weighted by Crippen LogP contribution is 2.08. The van der Waals surface area contributed by atoms with E-state index in [0.29, 0.717) is 18.2 Å². The van der Waals surface area contributed by atoms with E-state index in [0.717, 1.165) is 23.7 Å². The van der Waals surface area contributed by atoms with Crippen LogP contribution in [0.25, 0.3) is 0 Å². The summed E-state index contributed by atoms with van der Waals surface area (Å²) in [6.07, 6.45) is 0. The summed E-state index contributed by atoms with van der Waals surface area (Å²) >= 11 is 1.84. The molecule has 1 heterocycles. The van der Waals surface area contributed by atoms with Gasteiger partial charge in [0.15, 0.2) is 5.69 Å². The lowest BCUT2D eigenvalue weighted by atomic mass is 10.2. The lowest BCUT2D eigenvalue weighted by Gasteiger charge is -2.06. The number of esters is 1. The topological polar surface area (TPSA) is 57.0 Å². The normalized spacial score (nSPS) is 10.9. The highest BCUT2D eigenvalue weighted by Gasteiger charge is 2.17. The molecular formula is C12H21N3O2S. The smallest absolute Gasteiger partial charge is 0.360 e. The first-order chi connectivity index (χ1) is 8.56. The molecular weight excluding hydrogens is 250 g/mol. The number of aromatic nitrogens is 3. The second-order valence-electron chi connectivity index (χ2n) is 4.44. The predicted octanol–water partition coefficient (Wildman–Crippen LogP) is 2.15. The molecule has 0 unspecified atom stereocenters. The van der Waals surface area contributed by atoms with E-state index in [2.05, 4.69) is 17.2 Å². The summed E-state index contributed by atoms with van der Waals surface area (Å²) in [7, 11) is 0. The molecule has 0 aliphatic carbocycles. The Labute approximate surface area is 112 Å². The van der Waals surface area contributed by atoms with Crippen LogP contribution in [0.2, 0.25) is 0 Å². The van der Waals surface area contributed by atoms with Crippen LogP contribution in [-0.4, -0.2) is 39.1 Å². The number of ether oxygens (including phenoxy) is 1. The van der Waals surface area contributed by atoms with Crippen LogP contribution < -0.4 is 0 Å². The zero-order chi connectivity index (χ0) is 13.5. The number of hydrogen-bond donors (Lipinski definition) is 0. The van der Waals surface area contributed by atoms with E-state index in [9.17, 15) is 4.79 Å². The summed E-state index contributed by atoms with van der Waals surface area (Å²) in [5, 5.41) is 7.89. The van der Waals surface area contributed by atoms with Gasteiger partial charge in [-0.05, 0) is 18.6 Å². The first-order valence-electron chi connectivity index (χ1n) is 6.21. The van der Waals surface area contributed by atoms with Crippen LogP contribution in [0.4, 0.5) is 0 Å². The Morgan fingerprint density at radius 1 is 1.50 bits per heavy atom. The van der Waals surface area contributed by atoms with Crippen molar-refractivity contribution >= 4 is 17.7 Å². The number of rotatable bonds is 7. The SMILES string of the molecule is CCSCCn1nnc(C(=O)OCC(C)C)c1C. The maximum absolute atomic E-state index is 11.8. The van der Waals surface area contributed by atoms with E-state index in [1.54, 1.807) is 4.68 Å². The van der Waals surface area contributed by atoms with Gasteiger partial charge in [-0.3, -0.25) is 0 Å². The third-order valence-corrected chi connectivity index (χ3v) is 3.25. The Morgan fingerprint density at radius 3 is 2.83 bits per heavy atom. The van der Waals surface area contributed by atoms with Crippen LogP contribution in [0.5, 0.6) is 0 Å². The molecule has 0 aliphatic rings. The summed E-state index contributed by atoms with van der Waals surface area (Å²) < 4.78 is 6.91. The molecule has 0 saturated carbocycles. The van der Waals surface area contributed by atoms with Crippen molar-refractivity contribution in [1.29, 1.82) is 0 Å². The summed E-state index contributed by atoms with van der Waals surface area (Å²) in [6.45, 7) is 9.15. The van der Waals surface area contributed by atoms with E-state index in [4.69, 9.17) is 4.74 Å². The molecule has 0 N–H and O–H groups in total. The Morgan fingerprint density at radius 2 is 2.22 bits per heavy atom. The molecule has 1 rings (SSSR count). The van der Waals surface area contributed by atoms with Gasteiger partial charge in [-0.1, -0.05) is 26.0 Å². The Kier molecular flexibility index (Phi) is 6.18. The standard InChI is InChI=1S/C12H21N3O2S/c1-5-18-7-6-15-10(4)11(13-14-15)12(16)17-8-9(2)3/h9H,5-8H2,1-4H3. The van der Waals surface area contributed by atoms with Gasteiger partial charge >= 0.3 is 5.97 Å². The quantitative estimate of drug-likeness (QED) is 0.562. The maximum atomic E-state index is 11.8. The molecule has 1 aromatic rings. The van der Waals surface area contributed by atoms with Crippen LogP contribution in [0.15, 0.2) is 0 Å². The van der Waals surface area contributed by atoms with E-state index >= 15 is 0 Å². The van der Waals surface area contributed by atoms with E-state index in [-0.39, 0.29) is 5.97 Å². The number of carbonyl (C=O) groups is 1. The van der Waals surface area contributed by atoms with E-state index < -0.39 is 0 Å². The van der Waals surface area contributed by atoms with E-state index in [1.165, 1.54) is 0 Å². The van der Waals surface area contributed by atoms with Crippen LogP contribution in [0, 0.1) is 12.8 Å². The Balaban J connectivity index is 2.59. The molecule has 1 aromatic heterocycles. The molecule has 18 heavy (non-hydrogen) atoms. The van der Waals surface area contributed by atoms with Gasteiger partial charge in [0.1, 0.15) is 0 Å². The number of nitrogens with zero attached hydrogens (tertiary/aromatic N) is 3. The number of hydrogen-bond acceptors (Lipinski definition) is 5. The Bertz CT molecular complexity index is 391. The van der Waals surface area contributed by atoms with Crippen molar-refractivity contribution in [3.8, 4) is 0 Å². The van der Waals surface area contributed by atoms with Crippen molar-refractivity contribution in [1.82, 2.24) is 15.0 Å². The molecule has 0 atom stereocenters. The molecule has 102 valence electrons. The summed E-state index contributed by atoms with van der Waals surface area (Å²) in [5.74, 6) is 2.00. The Hall–Kier alpha value is -1.04. The van der Waals surface area contributed by atoms with Crippen LogP contribution in [-0.2, 0) is 11.3 Å². The fraction of sp³-hybridized carbons (Fsp3) is 0.750. The fourth-order valence-electron chi connectivity index (χ4n) is 1.37. The third-order valence-electron chi connectivity index (χ3n) is 2.38. The van der Waals surface area contributed by atoms with Gasteiger partial charge in [-0.2, -0.15) is 11.8 Å². The second kappa shape index (κ2) is 7.41. The van der Waals surface area contributed by atoms with Crippen molar-refractivity contribution in [2.75, 3.05) is 18.1 Å². The first-order valence-corrected chi connectivity index (χ1v) is 7.36. The van der Waals surface area contributed by atoms with Crippen LogP contribution in [0.3, 0.4) is 0 Å². The molecule has 0 radical (unpaired) electrons. The van der Waals surface area contributed by atoms with Crippen molar-refractivity contribution in [3.05, 3.63) is 11.4 Å². The van der Waals surface area contributed by atoms with Gasteiger partial charge in [0.25, 0.3) is 0 Å². The minimum atomic E-state index is -0.379. The fourth-order valence-corrected chi connectivity index (χ4v) is 1.96. The molecule has 5 nitrogen and oxygen atoms in total. The predicted molar refractivity (Wildman–Crippen MR) is 72.9 cm³/mol. The minimum absolute atomic E-state index is 0.324. The van der Waals surface area contributed by atoms with Gasteiger partial charge in [-0.25, -0.2) is 9.48 Å². The van der Waals surface area contributed by atoms with Gasteiger partial charge < -0.3 is 4.74 Å².